The Labute approximate surface area is 116 Å². The van der Waals surface area contributed by atoms with Crippen molar-refractivity contribution in [1.82, 2.24) is 9.80 Å². The highest BCUT2D eigenvalue weighted by Crippen LogP contribution is 2.24. The number of hydrogen-bond donors (Lipinski definition) is 0. The summed E-state index contributed by atoms with van der Waals surface area (Å²) in [6, 6.07) is 2.90. The van der Waals surface area contributed by atoms with Crippen LogP contribution in [0.2, 0.25) is 0 Å². The minimum atomic E-state index is -0.474. The van der Waals surface area contributed by atoms with E-state index in [9.17, 15) is 4.79 Å². The second-order valence-electron chi connectivity index (χ2n) is 6.15. The van der Waals surface area contributed by atoms with Crippen LogP contribution in [0.15, 0.2) is 0 Å². The molecule has 19 heavy (non-hydrogen) atoms. The molecule has 1 aliphatic carbocycles. The van der Waals surface area contributed by atoms with Gasteiger partial charge >= 0.3 is 0 Å². The fourth-order valence-electron chi connectivity index (χ4n) is 3.26. The molecule has 1 heterocycles. The van der Waals surface area contributed by atoms with E-state index in [0.29, 0.717) is 0 Å². The van der Waals surface area contributed by atoms with Gasteiger partial charge in [0, 0.05) is 32.2 Å². The number of nitrogens with zero attached hydrogens (tertiary/aromatic N) is 3. The highest BCUT2D eigenvalue weighted by atomic mass is 16.2. The van der Waals surface area contributed by atoms with E-state index in [1.165, 1.54) is 25.7 Å². The number of nitriles is 1. The molecule has 4 heteroatoms. The number of piperazine rings is 1. The number of hydrogen-bond acceptors (Lipinski definition) is 3. The molecule has 0 bridgehead atoms. The number of rotatable bonds is 3. The smallest absolute Gasteiger partial charge is 0.240 e. The molecule has 0 N–H and O–H groups in total. The Morgan fingerprint density at radius 1 is 1.16 bits per heavy atom. The van der Waals surface area contributed by atoms with Gasteiger partial charge in [0.25, 0.3) is 0 Å². The van der Waals surface area contributed by atoms with Crippen molar-refractivity contribution in [3.63, 3.8) is 0 Å². The highest BCUT2D eigenvalue weighted by molar-refractivity contribution is 5.81. The molecule has 0 spiro atoms. The van der Waals surface area contributed by atoms with Crippen LogP contribution in [0.3, 0.4) is 0 Å². The standard InChI is InChI=1S/C15H25N3O/c1-12(2)14(11-16)15(19)18-9-7-17(8-10-18)13-5-3-4-6-13/h12-14H,3-10H2,1-2H3. The van der Waals surface area contributed by atoms with Crippen molar-refractivity contribution in [2.75, 3.05) is 26.2 Å². The third kappa shape index (κ3) is 3.27. The first kappa shape index (κ1) is 14.3. The Balaban J connectivity index is 1.85. The largest absolute Gasteiger partial charge is 0.339 e. The van der Waals surface area contributed by atoms with Crippen molar-refractivity contribution < 1.29 is 4.79 Å². The Morgan fingerprint density at radius 2 is 1.74 bits per heavy atom. The first-order valence-corrected chi connectivity index (χ1v) is 7.56. The molecule has 2 aliphatic rings. The minimum Gasteiger partial charge on any atom is -0.339 e. The summed E-state index contributed by atoms with van der Waals surface area (Å²) in [5.74, 6) is -0.341. The maximum Gasteiger partial charge on any atom is 0.240 e. The topological polar surface area (TPSA) is 47.3 Å². The zero-order valence-electron chi connectivity index (χ0n) is 12.1. The van der Waals surface area contributed by atoms with Crippen LogP contribution in [-0.4, -0.2) is 47.9 Å². The van der Waals surface area contributed by atoms with E-state index in [-0.39, 0.29) is 11.8 Å². The second-order valence-corrected chi connectivity index (χ2v) is 6.15. The normalized spacial score (nSPS) is 23.6. The Bertz CT molecular complexity index is 347. The molecule has 1 aliphatic heterocycles. The SMILES string of the molecule is CC(C)C(C#N)C(=O)N1CCN(C2CCCC2)CC1. The lowest BCUT2D eigenvalue weighted by molar-refractivity contribution is -0.137. The molecule has 1 unspecified atom stereocenters. The van der Waals surface area contributed by atoms with Gasteiger partial charge < -0.3 is 4.90 Å². The molecular formula is C15H25N3O. The number of carbonyl (C=O) groups excluding carboxylic acids is 1. The maximum absolute atomic E-state index is 12.3. The highest BCUT2D eigenvalue weighted by Gasteiger charge is 2.31. The summed E-state index contributed by atoms with van der Waals surface area (Å²) < 4.78 is 0. The van der Waals surface area contributed by atoms with E-state index < -0.39 is 5.92 Å². The van der Waals surface area contributed by atoms with E-state index in [0.717, 1.165) is 32.2 Å². The second kappa shape index (κ2) is 6.38. The van der Waals surface area contributed by atoms with Crippen LogP contribution in [-0.2, 0) is 4.79 Å². The van der Waals surface area contributed by atoms with Gasteiger partial charge in [-0.2, -0.15) is 5.26 Å². The molecule has 0 radical (unpaired) electrons. The Kier molecular flexibility index (Phi) is 4.81. The van der Waals surface area contributed by atoms with Crippen molar-refractivity contribution in [3.8, 4) is 6.07 Å². The van der Waals surface area contributed by atoms with Crippen LogP contribution in [0.25, 0.3) is 0 Å². The van der Waals surface area contributed by atoms with E-state index in [2.05, 4.69) is 11.0 Å². The van der Waals surface area contributed by atoms with Crippen LogP contribution in [0.5, 0.6) is 0 Å². The number of carbonyl (C=O) groups is 1. The fourth-order valence-corrected chi connectivity index (χ4v) is 3.26. The van der Waals surface area contributed by atoms with E-state index in [1.54, 1.807) is 0 Å². The minimum absolute atomic E-state index is 0.0311. The summed E-state index contributed by atoms with van der Waals surface area (Å²) in [6.07, 6.45) is 5.35. The van der Waals surface area contributed by atoms with Gasteiger partial charge in [0.05, 0.1) is 6.07 Å². The molecule has 1 saturated carbocycles. The Hall–Kier alpha value is -1.08. The lowest BCUT2D eigenvalue weighted by Gasteiger charge is -2.38. The molecule has 0 aromatic rings. The maximum atomic E-state index is 12.3. The first-order valence-electron chi connectivity index (χ1n) is 7.56. The molecule has 2 fully saturated rings. The first-order chi connectivity index (χ1) is 9.13. The van der Waals surface area contributed by atoms with Crippen LogP contribution >= 0.6 is 0 Å². The van der Waals surface area contributed by atoms with Crippen LogP contribution in [0, 0.1) is 23.2 Å². The molecule has 1 saturated heterocycles. The summed E-state index contributed by atoms with van der Waals surface area (Å²) in [5.41, 5.74) is 0. The third-order valence-electron chi connectivity index (χ3n) is 4.54. The van der Waals surface area contributed by atoms with Crippen molar-refractivity contribution in [3.05, 3.63) is 0 Å². The van der Waals surface area contributed by atoms with Crippen molar-refractivity contribution in [2.45, 2.75) is 45.6 Å². The predicted molar refractivity (Wildman–Crippen MR) is 74.4 cm³/mol. The van der Waals surface area contributed by atoms with Gasteiger partial charge in [-0.15, -0.1) is 0 Å². The number of amides is 1. The zero-order chi connectivity index (χ0) is 13.8. The fraction of sp³-hybridized carbons (Fsp3) is 0.867. The predicted octanol–water partition coefficient (Wildman–Crippen LogP) is 1.87. The molecule has 1 amide bonds. The molecule has 0 aromatic heterocycles. The molecular weight excluding hydrogens is 238 g/mol. The molecule has 0 aromatic carbocycles. The summed E-state index contributed by atoms with van der Waals surface area (Å²) >= 11 is 0. The summed E-state index contributed by atoms with van der Waals surface area (Å²) in [4.78, 5) is 16.7. The Morgan fingerprint density at radius 3 is 2.21 bits per heavy atom. The van der Waals surface area contributed by atoms with Gasteiger partial charge in [0.15, 0.2) is 0 Å². The molecule has 2 rings (SSSR count). The lowest BCUT2D eigenvalue weighted by atomic mass is 9.95. The summed E-state index contributed by atoms with van der Waals surface area (Å²) in [6.45, 7) is 7.43. The van der Waals surface area contributed by atoms with Gasteiger partial charge in [0.2, 0.25) is 5.91 Å². The van der Waals surface area contributed by atoms with E-state index >= 15 is 0 Å². The van der Waals surface area contributed by atoms with E-state index in [1.807, 2.05) is 18.7 Å². The quantitative estimate of drug-likeness (QED) is 0.781. The van der Waals surface area contributed by atoms with Crippen molar-refractivity contribution >= 4 is 5.91 Å². The summed E-state index contributed by atoms with van der Waals surface area (Å²) in [7, 11) is 0. The average molecular weight is 263 g/mol. The van der Waals surface area contributed by atoms with Gasteiger partial charge in [0.1, 0.15) is 5.92 Å². The molecule has 4 nitrogen and oxygen atoms in total. The van der Waals surface area contributed by atoms with Crippen molar-refractivity contribution in [1.29, 1.82) is 5.26 Å². The van der Waals surface area contributed by atoms with Gasteiger partial charge in [-0.3, -0.25) is 9.69 Å². The molecule has 106 valence electrons. The van der Waals surface area contributed by atoms with Gasteiger partial charge in [-0.05, 0) is 18.8 Å². The van der Waals surface area contributed by atoms with Crippen molar-refractivity contribution in [2.24, 2.45) is 11.8 Å². The third-order valence-corrected chi connectivity index (χ3v) is 4.54. The van der Waals surface area contributed by atoms with Crippen LogP contribution < -0.4 is 0 Å². The lowest BCUT2D eigenvalue weighted by Crippen LogP contribution is -2.53. The van der Waals surface area contributed by atoms with Gasteiger partial charge in [-0.1, -0.05) is 26.7 Å². The van der Waals surface area contributed by atoms with Crippen LogP contribution in [0.4, 0.5) is 0 Å². The van der Waals surface area contributed by atoms with Gasteiger partial charge in [-0.25, -0.2) is 0 Å². The van der Waals surface area contributed by atoms with Crippen LogP contribution in [0.1, 0.15) is 39.5 Å². The summed E-state index contributed by atoms with van der Waals surface area (Å²) in [5, 5.41) is 9.11. The molecule has 1 atom stereocenters. The monoisotopic (exact) mass is 263 g/mol. The van der Waals surface area contributed by atoms with E-state index in [4.69, 9.17) is 5.26 Å². The zero-order valence-corrected chi connectivity index (χ0v) is 12.1. The average Bonchev–Trinajstić information content (AvgIpc) is 2.93.